The van der Waals surface area contributed by atoms with Crippen LogP contribution in [-0.2, 0) is 4.74 Å². The lowest BCUT2D eigenvalue weighted by Crippen LogP contribution is -2.39. The molecule has 1 saturated heterocycles. The maximum atomic E-state index is 11.1. The van der Waals surface area contributed by atoms with E-state index in [4.69, 9.17) is 9.84 Å². The van der Waals surface area contributed by atoms with Crippen molar-refractivity contribution in [3.05, 3.63) is 33.9 Å². The van der Waals surface area contributed by atoms with E-state index in [1.807, 2.05) is 4.90 Å². The van der Waals surface area contributed by atoms with Crippen molar-refractivity contribution in [1.82, 2.24) is 0 Å². The van der Waals surface area contributed by atoms with Gasteiger partial charge < -0.3 is 14.7 Å². The molecular formula is C13H16N2O5. The molecule has 2 rings (SSSR count). The van der Waals surface area contributed by atoms with Crippen LogP contribution in [0.4, 0.5) is 11.4 Å². The molecular weight excluding hydrogens is 264 g/mol. The molecule has 0 radical (unpaired) electrons. The number of ether oxygens (including phenoxy) is 1. The minimum absolute atomic E-state index is 0.0110. The van der Waals surface area contributed by atoms with Crippen LogP contribution in [-0.4, -0.2) is 42.3 Å². The fourth-order valence-corrected chi connectivity index (χ4v) is 2.41. The molecule has 0 aliphatic carbocycles. The van der Waals surface area contributed by atoms with Gasteiger partial charge in [0.05, 0.1) is 16.6 Å². The quantitative estimate of drug-likeness (QED) is 0.669. The van der Waals surface area contributed by atoms with Crippen LogP contribution in [0.3, 0.4) is 0 Å². The van der Waals surface area contributed by atoms with E-state index in [-0.39, 0.29) is 17.4 Å². The van der Waals surface area contributed by atoms with E-state index < -0.39 is 10.9 Å². The molecule has 1 heterocycles. The third kappa shape index (κ3) is 2.88. The molecule has 7 heteroatoms. The molecule has 1 atom stereocenters. The van der Waals surface area contributed by atoms with Gasteiger partial charge in [-0.1, -0.05) is 0 Å². The molecule has 0 bridgehead atoms. The number of carbonyl (C=O) groups is 1. The molecule has 1 aliphatic rings. The molecule has 1 aliphatic heterocycles. The van der Waals surface area contributed by atoms with Crippen LogP contribution in [0.1, 0.15) is 23.2 Å². The van der Waals surface area contributed by atoms with Gasteiger partial charge in [0.2, 0.25) is 0 Å². The zero-order chi connectivity index (χ0) is 14.7. The van der Waals surface area contributed by atoms with Crippen molar-refractivity contribution >= 4 is 17.3 Å². The predicted molar refractivity (Wildman–Crippen MR) is 72.3 cm³/mol. The lowest BCUT2D eigenvalue weighted by Gasteiger charge is -2.33. The molecule has 108 valence electrons. The first kappa shape index (κ1) is 14.3. The molecule has 7 nitrogen and oxygen atoms in total. The number of nitro groups is 1. The number of nitrogens with zero attached hydrogens (tertiary/aromatic N) is 2. The molecule has 0 spiro atoms. The lowest BCUT2D eigenvalue weighted by molar-refractivity contribution is -0.384. The lowest BCUT2D eigenvalue weighted by atomic mass is 10.1. The summed E-state index contributed by atoms with van der Waals surface area (Å²) in [5.74, 6) is -1.10. The second kappa shape index (κ2) is 5.87. The fourth-order valence-electron chi connectivity index (χ4n) is 2.41. The van der Waals surface area contributed by atoms with E-state index in [1.54, 1.807) is 7.11 Å². The maximum absolute atomic E-state index is 11.1. The van der Waals surface area contributed by atoms with Gasteiger partial charge in [0, 0.05) is 26.3 Å². The third-order valence-corrected chi connectivity index (χ3v) is 3.47. The first-order chi connectivity index (χ1) is 9.52. The van der Waals surface area contributed by atoms with Gasteiger partial charge in [-0.25, -0.2) is 4.79 Å². The van der Waals surface area contributed by atoms with Gasteiger partial charge in [-0.3, -0.25) is 10.1 Å². The Bertz CT molecular complexity index is 531. The van der Waals surface area contributed by atoms with Crippen molar-refractivity contribution in [3.63, 3.8) is 0 Å². The Morgan fingerprint density at radius 1 is 1.55 bits per heavy atom. The van der Waals surface area contributed by atoms with Crippen molar-refractivity contribution in [1.29, 1.82) is 0 Å². The zero-order valence-corrected chi connectivity index (χ0v) is 11.1. The Balaban J connectivity index is 2.38. The highest BCUT2D eigenvalue weighted by molar-refractivity contribution is 5.90. The molecule has 1 unspecified atom stereocenters. The average molecular weight is 280 g/mol. The normalized spacial score (nSPS) is 18.9. The average Bonchev–Trinajstić information content (AvgIpc) is 2.46. The summed E-state index contributed by atoms with van der Waals surface area (Å²) in [6.07, 6.45) is 1.77. The van der Waals surface area contributed by atoms with Crippen LogP contribution in [0.2, 0.25) is 0 Å². The van der Waals surface area contributed by atoms with Gasteiger partial charge in [-0.15, -0.1) is 0 Å². The Morgan fingerprint density at radius 3 is 2.90 bits per heavy atom. The van der Waals surface area contributed by atoms with Crippen LogP contribution < -0.4 is 4.90 Å². The highest BCUT2D eigenvalue weighted by Crippen LogP contribution is 2.31. The molecule has 1 fully saturated rings. The summed E-state index contributed by atoms with van der Waals surface area (Å²) >= 11 is 0. The highest BCUT2D eigenvalue weighted by Gasteiger charge is 2.26. The molecule has 0 saturated carbocycles. The number of hydrogen-bond donors (Lipinski definition) is 1. The largest absolute Gasteiger partial charge is 0.478 e. The Kier molecular flexibility index (Phi) is 4.19. The number of piperidine rings is 1. The Morgan fingerprint density at radius 2 is 2.30 bits per heavy atom. The van der Waals surface area contributed by atoms with Crippen molar-refractivity contribution in [3.8, 4) is 0 Å². The van der Waals surface area contributed by atoms with Crippen molar-refractivity contribution in [2.75, 3.05) is 25.1 Å². The van der Waals surface area contributed by atoms with Crippen LogP contribution >= 0.6 is 0 Å². The maximum Gasteiger partial charge on any atom is 0.335 e. The van der Waals surface area contributed by atoms with E-state index in [0.717, 1.165) is 12.8 Å². The van der Waals surface area contributed by atoms with Gasteiger partial charge in [-0.2, -0.15) is 0 Å². The molecule has 1 N–H and O–H groups in total. The van der Waals surface area contributed by atoms with Crippen LogP contribution in [0, 0.1) is 10.1 Å². The number of carboxylic acids is 1. The predicted octanol–water partition coefficient (Wildman–Crippen LogP) is 1.91. The minimum atomic E-state index is -1.10. The SMILES string of the molecule is COC1CCCN(c2cc(C(=O)O)ccc2[N+](=O)[O-])C1. The Labute approximate surface area is 115 Å². The van der Waals surface area contributed by atoms with Gasteiger partial charge in [-0.05, 0) is 25.0 Å². The number of nitro benzene ring substituents is 1. The second-order valence-corrected chi connectivity index (χ2v) is 4.71. The number of benzene rings is 1. The van der Waals surface area contributed by atoms with E-state index in [2.05, 4.69) is 0 Å². The van der Waals surface area contributed by atoms with Crippen LogP contribution in [0.15, 0.2) is 18.2 Å². The number of carboxylic acid groups (broad SMARTS) is 1. The number of aromatic carboxylic acids is 1. The first-order valence-corrected chi connectivity index (χ1v) is 6.32. The standard InChI is InChI=1S/C13H16N2O5/c1-20-10-3-2-6-14(8-10)12-7-9(13(16)17)4-5-11(12)15(18)19/h4-5,7,10H,2-3,6,8H2,1H3,(H,16,17). The van der Waals surface area contributed by atoms with Gasteiger partial charge >= 0.3 is 5.97 Å². The summed E-state index contributed by atoms with van der Waals surface area (Å²) in [7, 11) is 1.61. The number of anilines is 1. The fraction of sp³-hybridized carbons (Fsp3) is 0.462. The van der Waals surface area contributed by atoms with Crippen molar-refractivity contribution in [2.45, 2.75) is 18.9 Å². The highest BCUT2D eigenvalue weighted by atomic mass is 16.6. The number of rotatable bonds is 4. The van der Waals surface area contributed by atoms with E-state index in [9.17, 15) is 14.9 Å². The van der Waals surface area contributed by atoms with Crippen LogP contribution in [0.5, 0.6) is 0 Å². The first-order valence-electron chi connectivity index (χ1n) is 6.32. The van der Waals surface area contributed by atoms with Gasteiger partial charge in [0.25, 0.3) is 5.69 Å². The molecule has 0 aromatic heterocycles. The van der Waals surface area contributed by atoms with Crippen LogP contribution in [0.25, 0.3) is 0 Å². The smallest absolute Gasteiger partial charge is 0.335 e. The Hall–Kier alpha value is -2.15. The molecule has 0 amide bonds. The van der Waals surface area contributed by atoms with Crippen molar-refractivity contribution < 1.29 is 19.6 Å². The third-order valence-electron chi connectivity index (χ3n) is 3.47. The minimum Gasteiger partial charge on any atom is -0.478 e. The van der Waals surface area contributed by atoms with E-state index >= 15 is 0 Å². The molecule has 20 heavy (non-hydrogen) atoms. The van der Waals surface area contributed by atoms with Crippen molar-refractivity contribution in [2.24, 2.45) is 0 Å². The van der Waals surface area contributed by atoms with E-state index in [1.165, 1.54) is 18.2 Å². The zero-order valence-electron chi connectivity index (χ0n) is 11.1. The summed E-state index contributed by atoms with van der Waals surface area (Å²) < 4.78 is 5.29. The van der Waals surface area contributed by atoms with E-state index in [0.29, 0.717) is 18.8 Å². The number of methoxy groups -OCH3 is 1. The summed E-state index contributed by atoms with van der Waals surface area (Å²) in [6.45, 7) is 1.18. The van der Waals surface area contributed by atoms with Gasteiger partial charge in [0.1, 0.15) is 5.69 Å². The topological polar surface area (TPSA) is 92.9 Å². The monoisotopic (exact) mass is 280 g/mol. The summed E-state index contributed by atoms with van der Waals surface area (Å²) in [5, 5.41) is 20.1. The second-order valence-electron chi connectivity index (χ2n) is 4.71. The summed E-state index contributed by atoms with van der Waals surface area (Å²) in [6, 6.07) is 3.86. The summed E-state index contributed by atoms with van der Waals surface area (Å²) in [4.78, 5) is 23.5. The molecule has 1 aromatic rings. The summed E-state index contributed by atoms with van der Waals surface area (Å²) in [5.41, 5.74) is 0.313. The van der Waals surface area contributed by atoms with Gasteiger partial charge in [0.15, 0.2) is 0 Å². The molecule has 1 aromatic carbocycles. The number of hydrogen-bond acceptors (Lipinski definition) is 5.